The summed E-state index contributed by atoms with van der Waals surface area (Å²) < 4.78 is 13.4. The molecule has 0 aromatic heterocycles. The summed E-state index contributed by atoms with van der Waals surface area (Å²) in [5.41, 5.74) is 6.21. The number of rotatable bonds is 1. The van der Waals surface area contributed by atoms with E-state index in [1.807, 2.05) is 0 Å². The predicted octanol–water partition coefficient (Wildman–Crippen LogP) is 1.76. The van der Waals surface area contributed by atoms with Gasteiger partial charge in [0.25, 0.3) is 5.91 Å². The van der Waals surface area contributed by atoms with Crippen LogP contribution < -0.4 is 5.73 Å². The Morgan fingerprint density at radius 2 is 2.05 bits per heavy atom. The number of carbonyl (C=O) groups is 1. The molecule has 1 fully saturated rings. The maximum Gasteiger partial charge on any atom is 0.255 e. The fourth-order valence-corrected chi connectivity index (χ4v) is 2.22. The lowest BCUT2D eigenvalue weighted by molar-refractivity contribution is 0.0723. The van der Waals surface area contributed by atoms with Gasteiger partial charge in [0, 0.05) is 18.7 Å². The second-order valence-corrected chi connectivity index (χ2v) is 4.55. The molecule has 4 heteroatoms. The molecule has 0 aliphatic carbocycles. The van der Waals surface area contributed by atoms with Gasteiger partial charge in [-0.25, -0.2) is 4.39 Å². The van der Waals surface area contributed by atoms with Crippen LogP contribution in [0.2, 0.25) is 0 Å². The van der Waals surface area contributed by atoms with E-state index in [9.17, 15) is 9.18 Å². The Hall–Kier alpha value is -1.86. The van der Waals surface area contributed by atoms with Crippen molar-refractivity contribution in [3.8, 4) is 11.8 Å². The molecule has 2 rings (SSSR count). The van der Waals surface area contributed by atoms with Crippen molar-refractivity contribution in [2.24, 2.45) is 5.73 Å². The summed E-state index contributed by atoms with van der Waals surface area (Å²) in [6, 6.07) is 4.11. The molecule has 2 N–H and O–H groups in total. The van der Waals surface area contributed by atoms with E-state index in [4.69, 9.17) is 5.73 Å². The van der Waals surface area contributed by atoms with Gasteiger partial charge < -0.3 is 10.6 Å². The third-order valence-electron chi connectivity index (χ3n) is 3.18. The monoisotopic (exact) mass is 260 g/mol. The first kappa shape index (κ1) is 13.6. The average molecular weight is 260 g/mol. The molecule has 1 aromatic rings. The Bertz CT molecular complexity index is 525. The number of halogens is 1. The first-order valence-electron chi connectivity index (χ1n) is 6.50. The lowest BCUT2D eigenvalue weighted by atomic mass is 10.0. The van der Waals surface area contributed by atoms with Crippen LogP contribution in [0, 0.1) is 17.7 Å². The molecule has 1 saturated heterocycles. The van der Waals surface area contributed by atoms with Crippen molar-refractivity contribution in [3.63, 3.8) is 0 Å². The molecule has 3 nitrogen and oxygen atoms in total. The van der Waals surface area contributed by atoms with Crippen molar-refractivity contribution in [1.82, 2.24) is 4.90 Å². The number of nitrogens with two attached hydrogens (primary N) is 1. The van der Waals surface area contributed by atoms with Crippen LogP contribution >= 0.6 is 0 Å². The minimum atomic E-state index is -0.418. The van der Waals surface area contributed by atoms with E-state index in [1.165, 1.54) is 18.2 Å². The standard InChI is InChI=1S/C15H17FN2O/c16-13-7-6-12(5-4-8-17)14(11-13)15(19)18-9-2-1-3-10-18/h6-7,11H,1-3,8-10,17H2. The molecule has 0 atom stereocenters. The predicted molar refractivity (Wildman–Crippen MR) is 72.1 cm³/mol. The van der Waals surface area contributed by atoms with Crippen LogP contribution in [0.4, 0.5) is 4.39 Å². The minimum absolute atomic E-state index is 0.138. The van der Waals surface area contributed by atoms with Gasteiger partial charge in [-0.2, -0.15) is 0 Å². The van der Waals surface area contributed by atoms with E-state index < -0.39 is 5.82 Å². The maximum absolute atomic E-state index is 13.4. The summed E-state index contributed by atoms with van der Waals surface area (Å²) >= 11 is 0. The Morgan fingerprint density at radius 3 is 2.74 bits per heavy atom. The Balaban J connectivity index is 2.30. The SMILES string of the molecule is NCC#Cc1ccc(F)cc1C(=O)N1CCCCC1. The molecule has 1 aliphatic heterocycles. The van der Waals surface area contributed by atoms with Crippen molar-refractivity contribution >= 4 is 5.91 Å². The normalized spacial score (nSPS) is 14.7. The highest BCUT2D eigenvalue weighted by Gasteiger charge is 2.20. The average Bonchev–Trinajstić information content (AvgIpc) is 2.46. The molecular weight excluding hydrogens is 243 g/mol. The number of amides is 1. The zero-order valence-corrected chi connectivity index (χ0v) is 10.8. The largest absolute Gasteiger partial charge is 0.339 e. The fourth-order valence-electron chi connectivity index (χ4n) is 2.22. The van der Waals surface area contributed by atoms with Gasteiger partial charge in [-0.05, 0) is 37.5 Å². The first-order chi connectivity index (χ1) is 9.22. The van der Waals surface area contributed by atoms with E-state index in [1.54, 1.807) is 4.90 Å². The molecule has 0 spiro atoms. The van der Waals surface area contributed by atoms with E-state index in [0.29, 0.717) is 11.1 Å². The van der Waals surface area contributed by atoms with Gasteiger partial charge in [0.05, 0.1) is 12.1 Å². The molecular formula is C15H17FN2O. The van der Waals surface area contributed by atoms with Gasteiger partial charge in [-0.1, -0.05) is 11.8 Å². The van der Waals surface area contributed by atoms with Crippen LogP contribution in [0.1, 0.15) is 35.2 Å². The molecule has 19 heavy (non-hydrogen) atoms. The number of carbonyl (C=O) groups excluding carboxylic acids is 1. The van der Waals surface area contributed by atoms with Crippen LogP contribution in [0.3, 0.4) is 0 Å². The molecule has 1 amide bonds. The highest BCUT2D eigenvalue weighted by atomic mass is 19.1. The van der Waals surface area contributed by atoms with Crippen LogP contribution in [-0.2, 0) is 0 Å². The van der Waals surface area contributed by atoms with Gasteiger partial charge in [0.15, 0.2) is 0 Å². The van der Waals surface area contributed by atoms with Crippen LogP contribution in [-0.4, -0.2) is 30.4 Å². The van der Waals surface area contributed by atoms with Crippen molar-refractivity contribution in [2.45, 2.75) is 19.3 Å². The summed E-state index contributed by atoms with van der Waals surface area (Å²) in [7, 11) is 0. The molecule has 0 radical (unpaired) electrons. The summed E-state index contributed by atoms with van der Waals surface area (Å²) in [5, 5.41) is 0. The summed E-state index contributed by atoms with van der Waals surface area (Å²) in [6.07, 6.45) is 3.16. The first-order valence-corrected chi connectivity index (χ1v) is 6.50. The van der Waals surface area contributed by atoms with Gasteiger partial charge >= 0.3 is 0 Å². The number of piperidine rings is 1. The summed E-state index contributed by atoms with van der Waals surface area (Å²) in [4.78, 5) is 14.2. The minimum Gasteiger partial charge on any atom is -0.339 e. The van der Waals surface area contributed by atoms with Crippen LogP contribution in [0.15, 0.2) is 18.2 Å². The Kier molecular flexibility index (Phi) is 4.53. The second kappa shape index (κ2) is 6.35. The number of benzene rings is 1. The van der Waals surface area contributed by atoms with Crippen molar-refractivity contribution < 1.29 is 9.18 Å². The lowest BCUT2D eigenvalue weighted by Crippen LogP contribution is -2.36. The number of hydrogen-bond donors (Lipinski definition) is 1. The molecule has 1 heterocycles. The van der Waals surface area contributed by atoms with Crippen LogP contribution in [0.5, 0.6) is 0 Å². The Labute approximate surface area is 112 Å². The van der Waals surface area contributed by atoms with Crippen molar-refractivity contribution in [2.75, 3.05) is 19.6 Å². The summed E-state index contributed by atoms with van der Waals surface area (Å²) in [5.74, 6) is 4.98. The molecule has 0 bridgehead atoms. The smallest absolute Gasteiger partial charge is 0.255 e. The Morgan fingerprint density at radius 1 is 1.32 bits per heavy atom. The molecule has 1 aromatic carbocycles. The summed E-state index contributed by atoms with van der Waals surface area (Å²) in [6.45, 7) is 1.69. The van der Waals surface area contributed by atoms with E-state index in [-0.39, 0.29) is 12.5 Å². The van der Waals surface area contributed by atoms with Crippen molar-refractivity contribution in [1.29, 1.82) is 0 Å². The van der Waals surface area contributed by atoms with Gasteiger partial charge in [0.1, 0.15) is 5.82 Å². The van der Waals surface area contributed by atoms with E-state index >= 15 is 0 Å². The van der Waals surface area contributed by atoms with E-state index in [0.717, 1.165) is 32.4 Å². The number of nitrogens with zero attached hydrogens (tertiary/aromatic N) is 1. The lowest BCUT2D eigenvalue weighted by Gasteiger charge is -2.27. The van der Waals surface area contributed by atoms with Gasteiger partial charge in [0.2, 0.25) is 0 Å². The zero-order chi connectivity index (χ0) is 13.7. The van der Waals surface area contributed by atoms with Gasteiger partial charge in [-0.3, -0.25) is 4.79 Å². The molecule has 0 unspecified atom stereocenters. The second-order valence-electron chi connectivity index (χ2n) is 4.55. The number of likely N-dealkylation sites (tertiary alicyclic amines) is 1. The highest BCUT2D eigenvalue weighted by molar-refractivity contribution is 5.96. The highest BCUT2D eigenvalue weighted by Crippen LogP contribution is 2.17. The topological polar surface area (TPSA) is 46.3 Å². The molecule has 0 saturated carbocycles. The zero-order valence-electron chi connectivity index (χ0n) is 10.8. The molecule has 1 aliphatic rings. The third kappa shape index (κ3) is 3.33. The molecule has 100 valence electrons. The number of hydrogen-bond acceptors (Lipinski definition) is 2. The maximum atomic E-state index is 13.4. The fraction of sp³-hybridized carbons (Fsp3) is 0.400. The van der Waals surface area contributed by atoms with Crippen LogP contribution in [0.25, 0.3) is 0 Å². The quantitative estimate of drug-likeness (QED) is 0.782. The van der Waals surface area contributed by atoms with Crippen molar-refractivity contribution in [3.05, 3.63) is 35.1 Å². The third-order valence-corrected chi connectivity index (χ3v) is 3.18. The van der Waals surface area contributed by atoms with Gasteiger partial charge in [-0.15, -0.1) is 0 Å². The van der Waals surface area contributed by atoms with E-state index in [2.05, 4.69) is 11.8 Å².